The molecule has 1 atom stereocenters. The third-order valence-electron chi connectivity index (χ3n) is 5.42. The van der Waals surface area contributed by atoms with Crippen molar-refractivity contribution in [2.75, 3.05) is 44.2 Å². The zero-order chi connectivity index (χ0) is 17.8. The van der Waals surface area contributed by atoms with Crippen LogP contribution >= 0.6 is 0 Å². The Morgan fingerprint density at radius 3 is 2.77 bits per heavy atom. The van der Waals surface area contributed by atoms with Crippen molar-refractivity contribution in [2.24, 2.45) is 5.92 Å². The van der Waals surface area contributed by atoms with Crippen LogP contribution in [0, 0.1) is 5.92 Å². The van der Waals surface area contributed by atoms with Crippen molar-refractivity contribution in [3.8, 4) is 0 Å². The van der Waals surface area contributed by atoms with Gasteiger partial charge in [-0.2, -0.15) is 0 Å². The Morgan fingerprint density at radius 2 is 2.04 bits per heavy atom. The van der Waals surface area contributed by atoms with Gasteiger partial charge in [0.15, 0.2) is 0 Å². The monoisotopic (exact) mass is 354 g/mol. The minimum absolute atomic E-state index is 0.114. The van der Waals surface area contributed by atoms with Gasteiger partial charge in [0.25, 0.3) is 0 Å². The van der Waals surface area contributed by atoms with E-state index in [4.69, 9.17) is 4.42 Å². The molecule has 2 saturated heterocycles. The van der Waals surface area contributed by atoms with Crippen LogP contribution in [0.4, 0.5) is 5.69 Å². The van der Waals surface area contributed by atoms with E-state index in [-0.39, 0.29) is 5.92 Å². The number of furan rings is 1. The number of aromatic nitrogens is 1. The largest absolute Gasteiger partial charge is 0.468 e. The second kappa shape index (κ2) is 7.91. The van der Waals surface area contributed by atoms with E-state index in [2.05, 4.69) is 20.9 Å². The van der Waals surface area contributed by atoms with Crippen molar-refractivity contribution in [2.45, 2.75) is 19.4 Å². The number of carbonyl (C=O) groups excluding carboxylic acids is 1. The Kier molecular flexibility index (Phi) is 5.20. The van der Waals surface area contributed by atoms with Crippen LogP contribution in [0.2, 0.25) is 0 Å². The first-order valence-electron chi connectivity index (χ1n) is 9.48. The molecule has 4 rings (SSSR count). The zero-order valence-electron chi connectivity index (χ0n) is 15.1. The highest BCUT2D eigenvalue weighted by Gasteiger charge is 2.31. The molecule has 0 N–H and O–H groups in total. The van der Waals surface area contributed by atoms with Crippen LogP contribution in [0.1, 0.15) is 18.6 Å². The summed E-state index contributed by atoms with van der Waals surface area (Å²) in [4.78, 5) is 23.9. The Labute approximate surface area is 154 Å². The molecule has 2 fully saturated rings. The zero-order valence-corrected chi connectivity index (χ0v) is 15.1. The van der Waals surface area contributed by atoms with Gasteiger partial charge in [-0.1, -0.05) is 0 Å². The molecule has 0 unspecified atom stereocenters. The highest BCUT2D eigenvalue weighted by molar-refractivity contribution is 5.79. The third kappa shape index (κ3) is 3.90. The summed E-state index contributed by atoms with van der Waals surface area (Å²) < 4.78 is 5.45. The topological polar surface area (TPSA) is 52.8 Å². The first-order valence-corrected chi connectivity index (χ1v) is 9.48. The molecule has 26 heavy (non-hydrogen) atoms. The van der Waals surface area contributed by atoms with Gasteiger partial charge in [0.05, 0.1) is 30.6 Å². The number of anilines is 1. The standard InChI is InChI=1S/C20H26N4O2/c25-20(17-4-2-8-22(15-17)16-19-6-3-13-26-19)24-11-9-23(10-12-24)18-5-1-7-21-14-18/h1,3,5-7,13-14,17H,2,4,8-12,15-16H2/t17-/m0/s1. The fraction of sp³-hybridized carbons (Fsp3) is 0.500. The van der Waals surface area contributed by atoms with Gasteiger partial charge in [-0.15, -0.1) is 0 Å². The summed E-state index contributed by atoms with van der Waals surface area (Å²) >= 11 is 0. The number of nitrogens with zero attached hydrogens (tertiary/aromatic N) is 4. The second-order valence-corrected chi connectivity index (χ2v) is 7.18. The SMILES string of the molecule is O=C([C@H]1CCCN(Cc2ccco2)C1)N1CCN(c2cccnc2)CC1. The average molecular weight is 354 g/mol. The highest BCUT2D eigenvalue weighted by Crippen LogP contribution is 2.22. The normalized spacial score (nSPS) is 21.8. The first kappa shape index (κ1) is 17.1. The smallest absolute Gasteiger partial charge is 0.227 e. The Balaban J connectivity index is 1.30. The molecule has 1 amide bonds. The van der Waals surface area contributed by atoms with Crippen LogP contribution in [-0.4, -0.2) is 60.0 Å². The fourth-order valence-corrected chi connectivity index (χ4v) is 4.01. The Hall–Kier alpha value is -2.34. The predicted octanol–water partition coefficient (Wildman–Crippen LogP) is 2.24. The predicted molar refractivity (Wildman–Crippen MR) is 99.7 cm³/mol. The van der Waals surface area contributed by atoms with Gasteiger partial charge in [0.2, 0.25) is 5.91 Å². The maximum Gasteiger partial charge on any atom is 0.227 e. The van der Waals surface area contributed by atoms with Crippen molar-refractivity contribution >= 4 is 11.6 Å². The van der Waals surface area contributed by atoms with Crippen LogP contribution < -0.4 is 4.90 Å². The van der Waals surface area contributed by atoms with E-state index in [0.717, 1.165) is 70.1 Å². The Bertz CT molecular complexity index is 696. The lowest BCUT2D eigenvalue weighted by Crippen LogP contribution is -2.52. The van der Waals surface area contributed by atoms with Crippen molar-refractivity contribution in [1.82, 2.24) is 14.8 Å². The molecule has 0 bridgehead atoms. The highest BCUT2D eigenvalue weighted by atomic mass is 16.3. The van der Waals surface area contributed by atoms with E-state index in [0.29, 0.717) is 5.91 Å². The molecule has 6 heteroatoms. The van der Waals surface area contributed by atoms with E-state index in [1.807, 2.05) is 29.3 Å². The lowest BCUT2D eigenvalue weighted by atomic mass is 9.96. The van der Waals surface area contributed by atoms with Crippen LogP contribution in [-0.2, 0) is 11.3 Å². The van der Waals surface area contributed by atoms with E-state index < -0.39 is 0 Å². The van der Waals surface area contributed by atoms with Crippen molar-refractivity contribution in [3.05, 3.63) is 48.7 Å². The van der Waals surface area contributed by atoms with Crippen LogP contribution in [0.5, 0.6) is 0 Å². The van der Waals surface area contributed by atoms with Gasteiger partial charge in [0.1, 0.15) is 5.76 Å². The van der Waals surface area contributed by atoms with Crippen LogP contribution in [0.3, 0.4) is 0 Å². The summed E-state index contributed by atoms with van der Waals surface area (Å²) in [6.45, 7) is 6.01. The Morgan fingerprint density at radius 1 is 1.15 bits per heavy atom. The number of likely N-dealkylation sites (tertiary alicyclic amines) is 1. The lowest BCUT2D eigenvalue weighted by molar-refractivity contribution is -0.137. The first-order chi connectivity index (χ1) is 12.8. The molecule has 6 nitrogen and oxygen atoms in total. The third-order valence-corrected chi connectivity index (χ3v) is 5.42. The number of piperazine rings is 1. The molecule has 4 heterocycles. The van der Waals surface area contributed by atoms with Gasteiger partial charge < -0.3 is 14.2 Å². The van der Waals surface area contributed by atoms with E-state index >= 15 is 0 Å². The molecule has 2 aromatic rings. The number of pyridine rings is 1. The molecular weight excluding hydrogens is 328 g/mol. The minimum Gasteiger partial charge on any atom is -0.468 e. The molecule has 0 saturated carbocycles. The van der Waals surface area contributed by atoms with Crippen LogP contribution in [0.25, 0.3) is 0 Å². The second-order valence-electron chi connectivity index (χ2n) is 7.18. The molecule has 0 radical (unpaired) electrons. The average Bonchev–Trinajstić information content (AvgIpc) is 3.21. The summed E-state index contributed by atoms with van der Waals surface area (Å²) in [5.74, 6) is 1.41. The quantitative estimate of drug-likeness (QED) is 0.843. The van der Waals surface area contributed by atoms with E-state index in [1.165, 1.54) is 0 Å². The molecule has 0 spiro atoms. The van der Waals surface area contributed by atoms with Crippen LogP contribution in [0.15, 0.2) is 47.3 Å². The van der Waals surface area contributed by atoms with Crippen molar-refractivity contribution in [3.63, 3.8) is 0 Å². The van der Waals surface area contributed by atoms with E-state index in [9.17, 15) is 4.79 Å². The van der Waals surface area contributed by atoms with Crippen molar-refractivity contribution in [1.29, 1.82) is 0 Å². The molecule has 138 valence electrons. The maximum atomic E-state index is 13.0. The van der Waals surface area contributed by atoms with Gasteiger partial charge in [0, 0.05) is 38.9 Å². The molecule has 2 aromatic heterocycles. The fourth-order valence-electron chi connectivity index (χ4n) is 4.01. The lowest BCUT2D eigenvalue weighted by Gasteiger charge is -2.39. The summed E-state index contributed by atoms with van der Waals surface area (Å²) in [6.07, 6.45) is 7.47. The summed E-state index contributed by atoms with van der Waals surface area (Å²) in [7, 11) is 0. The number of amides is 1. The maximum absolute atomic E-state index is 13.0. The summed E-state index contributed by atoms with van der Waals surface area (Å²) in [5.41, 5.74) is 1.14. The van der Waals surface area contributed by atoms with Gasteiger partial charge in [-0.05, 0) is 43.7 Å². The van der Waals surface area contributed by atoms with Crippen molar-refractivity contribution < 1.29 is 9.21 Å². The number of hydrogen-bond acceptors (Lipinski definition) is 5. The van der Waals surface area contributed by atoms with E-state index in [1.54, 1.807) is 12.5 Å². The van der Waals surface area contributed by atoms with Gasteiger partial charge in [-0.3, -0.25) is 14.7 Å². The van der Waals surface area contributed by atoms with Gasteiger partial charge >= 0.3 is 0 Å². The van der Waals surface area contributed by atoms with Gasteiger partial charge in [-0.25, -0.2) is 0 Å². The number of carbonyl (C=O) groups is 1. The molecule has 0 aliphatic carbocycles. The molecule has 2 aliphatic heterocycles. The summed E-state index contributed by atoms with van der Waals surface area (Å²) in [6, 6.07) is 7.97. The summed E-state index contributed by atoms with van der Waals surface area (Å²) in [5, 5.41) is 0. The molecular formula is C20H26N4O2. The number of piperidine rings is 1. The number of hydrogen-bond donors (Lipinski definition) is 0. The number of rotatable bonds is 4. The molecule has 0 aromatic carbocycles. The molecule has 2 aliphatic rings. The minimum atomic E-state index is 0.114.